The van der Waals surface area contributed by atoms with Crippen LogP contribution < -0.4 is 5.73 Å². The molecule has 17 heavy (non-hydrogen) atoms. The number of hydrogen-bond donors (Lipinski definition) is 1. The molecule has 2 heteroatoms. The highest BCUT2D eigenvalue weighted by Gasteiger charge is 1.99. The molecule has 1 nitrogen and oxygen atoms in total. The van der Waals surface area contributed by atoms with Crippen molar-refractivity contribution >= 4 is 11.8 Å². The van der Waals surface area contributed by atoms with Gasteiger partial charge < -0.3 is 5.73 Å². The second kappa shape index (κ2) is 5.89. The Balaban J connectivity index is 2.00. The summed E-state index contributed by atoms with van der Waals surface area (Å²) >= 11 is 1.87. The molecule has 0 heterocycles. The van der Waals surface area contributed by atoms with Crippen LogP contribution in [0.1, 0.15) is 16.7 Å². The topological polar surface area (TPSA) is 26.0 Å². The van der Waals surface area contributed by atoms with Gasteiger partial charge in [0.05, 0.1) is 0 Å². The molecule has 0 amide bonds. The predicted octanol–water partition coefficient (Wildman–Crippen LogP) is 3.75. The fourth-order valence-electron chi connectivity index (χ4n) is 1.65. The zero-order valence-electron chi connectivity index (χ0n) is 10.0. The van der Waals surface area contributed by atoms with E-state index in [-0.39, 0.29) is 0 Å². The Morgan fingerprint density at radius 1 is 1.00 bits per heavy atom. The molecule has 0 bridgehead atoms. The molecule has 0 atom stereocenters. The molecule has 0 aliphatic carbocycles. The minimum atomic E-state index is 0.614. The van der Waals surface area contributed by atoms with Crippen LogP contribution in [-0.4, -0.2) is 0 Å². The molecule has 0 unspecified atom stereocenters. The lowest BCUT2D eigenvalue weighted by Crippen LogP contribution is -1.95. The highest BCUT2D eigenvalue weighted by Crippen LogP contribution is 2.24. The van der Waals surface area contributed by atoms with E-state index < -0.39 is 0 Å². The molecule has 0 saturated heterocycles. The van der Waals surface area contributed by atoms with Crippen LogP contribution in [-0.2, 0) is 12.3 Å². The summed E-state index contributed by atoms with van der Waals surface area (Å²) in [5.74, 6) is 1.02. The monoisotopic (exact) mass is 243 g/mol. The summed E-state index contributed by atoms with van der Waals surface area (Å²) in [5.41, 5.74) is 9.53. The number of benzene rings is 2. The van der Waals surface area contributed by atoms with Crippen LogP contribution in [0, 0.1) is 6.92 Å². The van der Waals surface area contributed by atoms with Crippen LogP contribution in [0.2, 0.25) is 0 Å². The van der Waals surface area contributed by atoms with Crippen molar-refractivity contribution in [1.82, 2.24) is 0 Å². The summed E-state index contributed by atoms with van der Waals surface area (Å²) in [4.78, 5) is 1.30. The van der Waals surface area contributed by atoms with E-state index in [4.69, 9.17) is 5.73 Å². The number of nitrogens with two attached hydrogens (primary N) is 1. The van der Waals surface area contributed by atoms with Crippen molar-refractivity contribution in [2.45, 2.75) is 24.1 Å². The standard InChI is InChI=1S/C15H17NS/c1-12-4-2-3-5-14(12)11-17-15-8-6-13(10-16)7-9-15/h2-9H,10-11,16H2,1H3. The third-order valence-corrected chi connectivity index (χ3v) is 3.88. The highest BCUT2D eigenvalue weighted by molar-refractivity contribution is 7.98. The van der Waals surface area contributed by atoms with Gasteiger partial charge >= 0.3 is 0 Å². The molecule has 2 aromatic rings. The Kier molecular flexibility index (Phi) is 4.24. The van der Waals surface area contributed by atoms with Crippen LogP contribution in [0.3, 0.4) is 0 Å². The van der Waals surface area contributed by atoms with Gasteiger partial charge in [-0.25, -0.2) is 0 Å². The molecule has 2 aromatic carbocycles. The van der Waals surface area contributed by atoms with Gasteiger partial charge in [-0.15, -0.1) is 11.8 Å². The Morgan fingerprint density at radius 3 is 2.35 bits per heavy atom. The maximum absolute atomic E-state index is 5.58. The van der Waals surface area contributed by atoms with E-state index in [1.807, 2.05) is 11.8 Å². The van der Waals surface area contributed by atoms with E-state index in [2.05, 4.69) is 55.5 Å². The van der Waals surface area contributed by atoms with Crippen molar-refractivity contribution in [3.05, 3.63) is 65.2 Å². The molecule has 88 valence electrons. The van der Waals surface area contributed by atoms with Crippen LogP contribution in [0.5, 0.6) is 0 Å². The second-order valence-electron chi connectivity index (χ2n) is 4.06. The minimum absolute atomic E-state index is 0.614. The van der Waals surface area contributed by atoms with Crippen LogP contribution >= 0.6 is 11.8 Å². The van der Waals surface area contributed by atoms with Crippen molar-refractivity contribution in [2.75, 3.05) is 0 Å². The molecule has 0 fully saturated rings. The van der Waals surface area contributed by atoms with Crippen LogP contribution in [0.4, 0.5) is 0 Å². The first kappa shape index (κ1) is 12.2. The summed E-state index contributed by atoms with van der Waals surface area (Å²) in [6, 6.07) is 17.0. The van der Waals surface area contributed by atoms with Crippen LogP contribution in [0.25, 0.3) is 0 Å². The fourth-order valence-corrected chi connectivity index (χ4v) is 2.63. The number of aryl methyl sites for hydroxylation is 1. The number of rotatable bonds is 4. The van der Waals surface area contributed by atoms with Crippen molar-refractivity contribution < 1.29 is 0 Å². The molecule has 0 spiro atoms. The Morgan fingerprint density at radius 2 is 1.71 bits per heavy atom. The van der Waals surface area contributed by atoms with Gasteiger partial charge in [-0.05, 0) is 35.7 Å². The Labute approximate surface area is 107 Å². The molecular weight excluding hydrogens is 226 g/mol. The average molecular weight is 243 g/mol. The van der Waals surface area contributed by atoms with Gasteiger partial charge in [0.1, 0.15) is 0 Å². The molecule has 0 radical (unpaired) electrons. The molecule has 0 aromatic heterocycles. The predicted molar refractivity (Wildman–Crippen MR) is 75.1 cm³/mol. The molecular formula is C15H17NS. The first-order valence-electron chi connectivity index (χ1n) is 5.76. The zero-order chi connectivity index (χ0) is 12.1. The lowest BCUT2D eigenvalue weighted by molar-refractivity contribution is 1.07. The Bertz CT molecular complexity index is 477. The van der Waals surface area contributed by atoms with Crippen molar-refractivity contribution in [1.29, 1.82) is 0 Å². The first-order chi connectivity index (χ1) is 8.29. The smallest absolute Gasteiger partial charge is 0.0234 e. The largest absolute Gasteiger partial charge is 0.326 e. The van der Waals surface area contributed by atoms with E-state index in [9.17, 15) is 0 Å². The van der Waals surface area contributed by atoms with Crippen molar-refractivity contribution in [3.63, 3.8) is 0 Å². The van der Waals surface area contributed by atoms with E-state index in [1.165, 1.54) is 21.6 Å². The summed E-state index contributed by atoms with van der Waals surface area (Å²) < 4.78 is 0. The van der Waals surface area contributed by atoms with E-state index in [0.717, 1.165) is 5.75 Å². The van der Waals surface area contributed by atoms with Gasteiger partial charge in [0.15, 0.2) is 0 Å². The highest BCUT2D eigenvalue weighted by atomic mass is 32.2. The first-order valence-corrected chi connectivity index (χ1v) is 6.74. The normalized spacial score (nSPS) is 10.5. The average Bonchev–Trinajstić information content (AvgIpc) is 2.38. The molecule has 2 N–H and O–H groups in total. The summed E-state index contributed by atoms with van der Waals surface area (Å²) in [7, 11) is 0. The van der Waals surface area contributed by atoms with Gasteiger partial charge in [-0.2, -0.15) is 0 Å². The van der Waals surface area contributed by atoms with E-state index in [0.29, 0.717) is 6.54 Å². The lowest BCUT2D eigenvalue weighted by atomic mass is 10.1. The number of hydrogen-bond acceptors (Lipinski definition) is 2. The third-order valence-electron chi connectivity index (χ3n) is 2.81. The van der Waals surface area contributed by atoms with Crippen molar-refractivity contribution in [2.24, 2.45) is 5.73 Å². The minimum Gasteiger partial charge on any atom is -0.326 e. The SMILES string of the molecule is Cc1ccccc1CSc1ccc(CN)cc1. The fraction of sp³-hybridized carbons (Fsp3) is 0.200. The number of thioether (sulfide) groups is 1. The summed E-state index contributed by atoms with van der Waals surface area (Å²) in [6.45, 7) is 2.77. The van der Waals surface area contributed by atoms with Gasteiger partial charge in [-0.3, -0.25) is 0 Å². The van der Waals surface area contributed by atoms with Gasteiger partial charge in [-0.1, -0.05) is 36.4 Å². The van der Waals surface area contributed by atoms with E-state index >= 15 is 0 Å². The summed E-state index contributed by atoms with van der Waals surface area (Å²) in [5, 5.41) is 0. The van der Waals surface area contributed by atoms with Crippen molar-refractivity contribution in [3.8, 4) is 0 Å². The molecule has 2 rings (SSSR count). The maximum atomic E-state index is 5.58. The lowest BCUT2D eigenvalue weighted by Gasteiger charge is -2.05. The zero-order valence-corrected chi connectivity index (χ0v) is 10.8. The van der Waals surface area contributed by atoms with Gasteiger partial charge in [0.25, 0.3) is 0 Å². The maximum Gasteiger partial charge on any atom is 0.0234 e. The Hall–Kier alpha value is -1.25. The van der Waals surface area contributed by atoms with E-state index in [1.54, 1.807) is 0 Å². The quantitative estimate of drug-likeness (QED) is 0.828. The third kappa shape index (κ3) is 3.35. The molecule has 0 aliphatic rings. The van der Waals surface area contributed by atoms with Crippen LogP contribution in [0.15, 0.2) is 53.4 Å². The van der Waals surface area contributed by atoms with Gasteiger partial charge in [0.2, 0.25) is 0 Å². The second-order valence-corrected chi connectivity index (χ2v) is 5.11. The molecule has 0 saturated carbocycles. The van der Waals surface area contributed by atoms with Gasteiger partial charge in [0, 0.05) is 17.2 Å². The molecule has 0 aliphatic heterocycles. The summed E-state index contributed by atoms with van der Waals surface area (Å²) in [6.07, 6.45) is 0.